The van der Waals surface area contributed by atoms with Gasteiger partial charge in [-0.3, -0.25) is 9.59 Å². The van der Waals surface area contributed by atoms with Crippen molar-refractivity contribution in [1.29, 1.82) is 0 Å². The maximum Gasteiger partial charge on any atom is 0.335 e. The van der Waals surface area contributed by atoms with Crippen LogP contribution in [0.5, 0.6) is 0 Å². The number of ether oxygens (including phenoxy) is 1. The molecule has 0 atom stereocenters. The number of rotatable bonds is 5. The first-order valence-electron chi connectivity index (χ1n) is 5.38. The molecule has 0 unspecified atom stereocenters. The molecule has 6 nitrogen and oxygen atoms in total. The molecule has 0 rings (SSSR count). The molecule has 0 saturated heterocycles. The maximum absolute atomic E-state index is 11.8. The van der Waals surface area contributed by atoms with Gasteiger partial charge in [0.1, 0.15) is 5.60 Å². The van der Waals surface area contributed by atoms with E-state index < -0.39 is 29.9 Å². The van der Waals surface area contributed by atoms with Crippen LogP contribution in [0.1, 0.15) is 40.5 Å². The van der Waals surface area contributed by atoms with Crippen LogP contribution in [0, 0.1) is 0 Å². The van der Waals surface area contributed by atoms with Crippen LogP contribution in [0.15, 0.2) is 11.1 Å². The van der Waals surface area contributed by atoms with Gasteiger partial charge >= 0.3 is 17.9 Å². The Morgan fingerprint density at radius 2 is 1.44 bits per heavy atom. The van der Waals surface area contributed by atoms with E-state index in [1.165, 1.54) is 6.92 Å². The molecule has 0 saturated carbocycles. The summed E-state index contributed by atoms with van der Waals surface area (Å²) in [6, 6.07) is 0. The second kappa shape index (κ2) is 6.18. The van der Waals surface area contributed by atoms with Crippen LogP contribution in [0.4, 0.5) is 0 Å². The highest BCUT2D eigenvalue weighted by molar-refractivity contribution is 5.95. The minimum absolute atomic E-state index is 0.111. The lowest BCUT2D eigenvalue weighted by atomic mass is 10.0. The van der Waals surface area contributed by atoms with E-state index in [9.17, 15) is 14.4 Å². The molecule has 0 fully saturated rings. The molecule has 0 aromatic carbocycles. The summed E-state index contributed by atoms with van der Waals surface area (Å²) in [5.41, 5.74) is -0.677. The third-order valence-corrected chi connectivity index (χ3v) is 1.90. The molecule has 0 radical (unpaired) electrons. The van der Waals surface area contributed by atoms with Crippen molar-refractivity contribution in [3.8, 4) is 0 Å². The highest BCUT2D eigenvalue weighted by Gasteiger charge is 2.23. The molecule has 0 spiro atoms. The molecular weight excluding hydrogens is 240 g/mol. The normalized spacial score (nSPS) is 12.7. The Balaban J connectivity index is 5.16. The summed E-state index contributed by atoms with van der Waals surface area (Å²) in [5, 5.41) is 17.4. The Kier molecular flexibility index (Phi) is 5.55. The summed E-state index contributed by atoms with van der Waals surface area (Å²) in [5.74, 6) is -3.12. The fraction of sp³-hybridized carbons (Fsp3) is 0.583. The van der Waals surface area contributed by atoms with Gasteiger partial charge in [0.2, 0.25) is 0 Å². The van der Waals surface area contributed by atoms with Gasteiger partial charge in [-0.15, -0.1) is 0 Å². The topological polar surface area (TPSA) is 101 Å². The van der Waals surface area contributed by atoms with Crippen molar-refractivity contribution in [3.05, 3.63) is 11.1 Å². The van der Waals surface area contributed by atoms with Gasteiger partial charge in [0.25, 0.3) is 0 Å². The zero-order chi connectivity index (χ0) is 14.5. The highest BCUT2D eigenvalue weighted by atomic mass is 16.6. The summed E-state index contributed by atoms with van der Waals surface area (Å²) >= 11 is 0. The molecular formula is C12H18O6. The number of esters is 1. The van der Waals surface area contributed by atoms with E-state index in [2.05, 4.69) is 0 Å². The predicted octanol–water partition coefficient (Wildman–Crippen LogP) is 1.59. The molecule has 2 N–H and O–H groups in total. The molecule has 0 amide bonds. The summed E-state index contributed by atoms with van der Waals surface area (Å²) in [7, 11) is 0. The van der Waals surface area contributed by atoms with E-state index in [0.29, 0.717) is 0 Å². The average molecular weight is 258 g/mol. The smallest absolute Gasteiger partial charge is 0.335 e. The van der Waals surface area contributed by atoms with Gasteiger partial charge in [0, 0.05) is 5.57 Å². The zero-order valence-corrected chi connectivity index (χ0v) is 10.9. The highest BCUT2D eigenvalue weighted by Crippen LogP contribution is 2.18. The number of carbonyl (C=O) groups is 3. The summed E-state index contributed by atoms with van der Waals surface area (Å²) in [4.78, 5) is 33.0. The lowest BCUT2D eigenvalue weighted by Crippen LogP contribution is -2.26. The van der Waals surface area contributed by atoms with Crippen molar-refractivity contribution < 1.29 is 29.3 Å². The summed E-state index contributed by atoms with van der Waals surface area (Å²) in [6.45, 7) is 6.36. The van der Waals surface area contributed by atoms with Crippen LogP contribution in [0.2, 0.25) is 0 Å². The molecule has 0 aliphatic rings. The predicted molar refractivity (Wildman–Crippen MR) is 63.1 cm³/mol. The Morgan fingerprint density at radius 3 is 1.78 bits per heavy atom. The fourth-order valence-corrected chi connectivity index (χ4v) is 1.22. The number of hydrogen-bond acceptors (Lipinski definition) is 4. The Hall–Kier alpha value is -1.85. The van der Waals surface area contributed by atoms with Crippen molar-refractivity contribution in [1.82, 2.24) is 0 Å². The van der Waals surface area contributed by atoms with Gasteiger partial charge in [-0.25, -0.2) is 4.79 Å². The zero-order valence-electron chi connectivity index (χ0n) is 10.9. The molecule has 102 valence electrons. The van der Waals surface area contributed by atoms with Crippen molar-refractivity contribution in [2.75, 3.05) is 0 Å². The quantitative estimate of drug-likeness (QED) is 0.573. The Morgan fingerprint density at radius 1 is 1.00 bits per heavy atom. The van der Waals surface area contributed by atoms with Crippen molar-refractivity contribution in [2.24, 2.45) is 0 Å². The maximum atomic E-state index is 11.8. The Bertz CT molecular complexity index is 386. The lowest BCUT2D eigenvalue weighted by Gasteiger charge is -2.21. The molecule has 0 heterocycles. The van der Waals surface area contributed by atoms with Gasteiger partial charge < -0.3 is 14.9 Å². The van der Waals surface area contributed by atoms with Crippen molar-refractivity contribution in [3.63, 3.8) is 0 Å². The van der Waals surface area contributed by atoms with E-state index >= 15 is 0 Å². The molecule has 0 aromatic heterocycles. The van der Waals surface area contributed by atoms with E-state index in [4.69, 9.17) is 14.9 Å². The summed E-state index contributed by atoms with van der Waals surface area (Å²) in [6.07, 6.45) is -0.935. The second-order valence-electron chi connectivity index (χ2n) is 4.90. The molecule has 0 aromatic rings. The van der Waals surface area contributed by atoms with Crippen LogP contribution in [0.3, 0.4) is 0 Å². The number of carboxylic acid groups (broad SMARTS) is 2. The van der Waals surface area contributed by atoms with E-state index in [1.807, 2.05) is 0 Å². The Labute approximate surface area is 105 Å². The standard InChI is InChI=1S/C12H18O6/c1-7(5-9(13)14)8(6-10(15)16)11(17)18-12(2,3)4/h5-6H2,1-4H3,(H,13,14)(H,15,16)/b8-7+. The average Bonchev–Trinajstić information content (AvgIpc) is 2.09. The van der Waals surface area contributed by atoms with Gasteiger partial charge in [0.15, 0.2) is 0 Å². The molecule has 0 aliphatic heterocycles. The number of carboxylic acids is 2. The molecule has 0 bridgehead atoms. The first-order valence-corrected chi connectivity index (χ1v) is 5.38. The van der Waals surface area contributed by atoms with Crippen molar-refractivity contribution >= 4 is 17.9 Å². The van der Waals surface area contributed by atoms with Crippen LogP contribution >= 0.6 is 0 Å². The molecule has 18 heavy (non-hydrogen) atoms. The van der Waals surface area contributed by atoms with Gasteiger partial charge in [-0.05, 0) is 27.7 Å². The van der Waals surface area contributed by atoms with Gasteiger partial charge in [-0.1, -0.05) is 5.57 Å². The monoisotopic (exact) mass is 258 g/mol. The minimum Gasteiger partial charge on any atom is -0.481 e. The van der Waals surface area contributed by atoms with Gasteiger partial charge in [-0.2, -0.15) is 0 Å². The molecule has 6 heteroatoms. The van der Waals surface area contributed by atoms with E-state index in [0.717, 1.165) is 0 Å². The van der Waals surface area contributed by atoms with Crippen molar-refractivity contribution in [2.45, 2.75) is 46.1 Å². The van der Waals surface area contributed by atoms with Crippen LogP contribution in [-0.4, -0.2) is 33.7 Å². The third-order valence-electron chi connectivity index (χ3n) is 1.90. The number of aliphatic carboxylic acids is 2. The second-order valence-corrected chi connectivity index (χ2v) is 4.90. The SMILES string of the molecule is C/C(CC(=O)O)=C(/CC(=O)O)C(=O)OC(C)(C)C. The fourth-order valence-electron chi connectivity index (χ4n) is 1.22. The van der Waals surface area contributed by atoms with E-state index in [-0.39, 0.29) is 17.6 Å². The first-order chi connectivity index (χ1) is 8.03. The third kappa shape index (κ3) is 6.67. The first kappa shape index (κ1) is 16.1. The van der Waals surface area contributed by atoms with E-state index in [1.54, 1.807) is 20.8 Å². The number of carbonyl (C=O) groups excluding carboxylic acids is 1. The van der Waals surface area contributed by atoms with Crippen LogP contribution in [0.25, 0.3) is 0 Å². The number of hydrogen-bond donors (Lipinski definition) is 2. The van der Waals surface area contributed by atoms with Crippen LogP contribution < -0.4 is 0 Å². The summed E-state index contributed by atoms with van der Waals surface area (Å²) < 4.78 is 5.05. The largest absolute Gasteiger partial charge is 0.481 e. The van der Waals surface area contributed by atoms with Gasteiger partial charge in [0.05, 0.1) is 12.8 Å². The lowest BCUT2D eigenvalue weighted by molar-refractivity contribution is -0.151. The minimum atomic E-state index is -1.21. The molecule has 0 aliphatic carbocycles. The van der Waals surface area contributed by atoms with Crippen LogP contribution in [-0.2, 0) is 19.1 Å².